The molecule has 0 spiro atoms. The molecule has 0 rings (SSSR count). The molecule has 0 unspecified atom stereocenters. The molecule has 8 heteroatoms. The summed E-state index contributed by atoms with van der Waals surface area (Å²) in [6.45, 7) is 0. The van der Waals surface area contributed by atoms with Gasteiger partial charge >= 0.3 is 105 Å². The van der Waals surface area contributed by atoms with Crippen LogP contribution in [-0.2, 0) is 9.59 Å². The van der Waals surface area contributed by atoms with Gasteiger partial charge in [-0.05, 0) is 0 Å². The monoisotopic (exact) mass is 364 g/mol. The van der Waals surface area contributed by atoms with Crippen LogP contribution in [0.2, 0.25) is 10.6 Å². The zero-order valence-corrected chi connectivity index (χ0v) is 12.1. The number of nitrogens with two attached hydrogens (primary N) is 2. The second-order valence-electron chi connectivity index (χ2n) is 3.11. The molecule has 0 amide bonds. The molecule has 6 N–H and O–H groups in total. The van der Waals surface area contributed by atoms with Gasteiger partial charge in [-0.1, -0.05) is 0 Å². The van der Waals surface area contributed by atoms with E-state index in [4.69, 9.17) is 21.7 Å². The second kappa shape index (κ2) is 8.98. The van der Waals surface area contributed by atoms with E-state index >= 15 is 0 Å². The minimum atomic E-state index is -0.962. The third-order valence-corrected chi connectivity index (χ3v) is 9.23. The third kappa shape index (κ3) is 8.10. The van der Waals surface area contributed by atoms with Crippen molar-refractivity contribution in [3.05, 3.63) is 0 Å². The summed E-state index contributed by atoms with van der Waals surface area (Å²) in [7, 11) is 0. The van der Waals surface area contributed by atoms with Crippen molar-refractivity contribution >= 4 is 38.2 Å². The van der Waals surface area contributed by atoms with Crippen LogP contribution in [0, 0.1) is 0 Å². The zero-order valence-electron chi connectivity index (χ0n) is 8.67. The van der Waals surface area contributed by atoms with Crippen LogP contribution in [0.4, 0.5) is 0 Å². The van der Waals surface area contributed by atoms with Crippen LogP contribution in [0.5, 0.6) is 0 Å². The van der Waals surface area contributed by atoms with Crippen molar-refractivity contribution in [3.63, 3.8) is 0 Å². The summed E-state index contributed by atoms with van der Waals surface area (Å²) in [5.74, 6) is -1.92. The van der Waals surface area contributed by atoms with E-state index in [1.54, 1.807) is 0 Å². The predicted molar refractivity (Wildman–Crippen MR) is 61.6 cm³/mol. The summed E-state index contributed by atoms with van der Waals surface area (Å²) in [6, 6.07) is -1.53. The summed E-state index contributed by atoms with van der Waals surface area (Å²) >= 11 is 0.774. The summed E-state index contributed by atoms with van der Waals surface area (Å²) in [4.78, 5) is 20.8. The average molecular weight is 362 g/mol. The van der Waals surface area contributed by atoms with Crippen molar-refractivity contribution in [1.82, 2.24) is 0 Å². The fourth-order valence-corrected chi connectivity index (χ4v) is 7.35. The zero-order chi connectivity index (χ0) is 12.6. The molecule has 0 aromatic heterocycles. The van der Waals surface area contributed by atoms with Gasteiger partial charge in [-0.2, -0.15) is 0 Å². The van der Waals surface area contributed by atoms with E-state index in [2.05, 4.69) is 0 Å². The Morgan fingerprint density at radius 3 is 1.50 bits per heavy atom. The van der Waals surface area contributed by atoms with Gasteiger partial charge in [0, 0.05) is 0 Å². The first-order valence-corrected chi connectivity index (χ1v) is 11.4. The third-order valence-electron chi connectivity index (χ3n) is 1.74. The van der Waals surface area contributed by atoms with Gasteiger partial charge in [-0.25, -0.2) is 0 Å². The van der Waals surface area contributed by atoms with Crippen LogP contribution in [0.1, 0.15) is 12.8 Å². The summed E-state index contributed by atoms with van der Waals surface area (Å²) in [6.07, 6.45) is 1.00. The topological polar surface area (TPSA) is 127 Å². The maximum absolute atomic E-state index is 10.4. The number of hydrogen-bond acceptors (Lipinski definition) is 4. The Morgan fingerprint density at radius 2 is 1.25 bits per heavy atom. The van der Waals surface area contributed by atoms with Crippen molar-refractivity contribution in [1.29, 1.82) is 0 Å². The van der Waals surface area contributed by atoms with E-state index in [0.717, 1.165) is 10.6 Å². The van der Waals surface area contributed by atoms with E-state index < -0.39 is 24.0 Å². The molecule has 0 aliphatic rings. The first-order valence-electron chi connectivity index (χ1n) is 4.66. The van der Waals surface area contributed by atoms with Crippen LogP contribution < -0.4 is 11.5 Å². The molecular formula is C8H16N2O4Se2. The molecule has 0 bridgehead atoms. The molecular weight excluding hydrogens is 346 g/mol. The van der Waals surface area contributed by atoms with Gasteiger partial charge in [-0.3, -0.25) is 0 Å². The fraction of sp³-hybridized carbons (Fsp3) is 0.750. The van der Waals surface area contributed by atoms with E-state index in [9.17, 15) is 9.59 Å². The van der Waals surface area contributed by atoms with Crippen LogP contribution in [0.3, 0.4) is 0 Å². The molecule has 0 aliphatic carbocycles. The van der Waals surface area contributed by atoms with Gasteiger partial charge < -0.3 is 0 Å². The average Bonchev–Trinajstić information content (AvgIpc) is 2.21. The molecule has 0 saturated heterocycles. The Balaban J connectivity index is 3.34. The standard InChI is InChI=1S/C8H16N2O4Se2/c9-5(7(11)12)1-3-15-16-4-2-6(10)8(13)14/h5-6H,1-4,9-10H2,(H,11,12)(H,13,14)/t5-,6-/m0/s1. The number of aliphatic carboxylic acids is 2. The minimum absolute atomic E-state index is 0.387. The first kappa shape index (κ1) is 15.9. The van der Waals surface area contributed by atoms with Gasteiger partial charge in [0.05, 0.1) is 0 Å². The van der Waals surface area contributed by atoms with Crippen molar-refractivity contribution in [2.75, 3.05) is 0 Å². The second-order valence-corrected chi connectivity index (χ2v) is 11.0. The maximum atomic E-state index is 10.4. The van der Waals surface area contributed by atoms with Crippen molar-refractivity contribution in [3.8, 4) is 0 Å². The van der Waals surface area contributed by atoms with E-state index in [-0.39, 0.29) is 0 Å². The van der Waals surface area contributed by atoms with Crippen molar-refractivity contribution < 1.29 is 19.8 Å². The predicted octanol–water partition coefficient (Wildman–Crippen LogP) is -1.25. The molecule has 0 saturated carbocycles. The summed E-state index contributed by atoms with van der Waals surface area (Å²) < 4.78 is 0. The Labute approximate surface area is 105 Å². The van der Waals surface area contributed by atoms with Crippen LogP contribution in [0.15, 0.2) is 0 Å². The summed E-state index contributed by atoms with van der Waals surface area (Å²) in [5, 5.41) is 18.7. The summed E-state index contributed by atoms with van der Waals surface area (Å²) in [5.41, 5.74) is 10.7. The molecule has 6 nitrogen and oxygen atoms in total. The van der Waals surface area contributed by atoms with Gasteiger partial charge in [-0.15, -0.1) is 0 Å². The normalized spacial score (nSPS) is 14.4. The van der Waals surface area contributed by atoms with E-state index in [1.165, 1.54) is 0 Å². The Hall–Kier alpha value is -0.101. The molecule has 0 fully saturated rings. The number of hydrogen-bond donors (Lipinski definition) is 4. The fourth-order valence-electron chi connectivity index (χ4n) is 0.715. The van der Waals surface area contributed by atoms with E-state index in [0.29, 0.717) is 39.1 Å². The van der Waals surface area contributed by atoms with Gasteiger partial charge in [0.2, 0.25) is 0 Å². The molecule has 0 heterocycles. The molecule has 16 heavy (non-hydrogen) atoms. The van der Waals surface area contributed by atoms with Crippen molar-refractivity contribution in [2.24, 2.45) is 11.5 Å². The molecule has 0 radical (unpaired) electrons. The van der Waals surface area contributed by atoms with Crippen LogP contribution in [-0.4, -0.2) is 60.5 Å². The molecule has 2 atom stereocenters. The molecule has 94 valence electrons. The SMILES string of the molecule is N[C@@H](CC[Se][Se]CC[C@H](N)C(=O)O)C(=O)O. The quantitative estimate of drug-likeness (QED) is 0.300. The van der Waals surface area contributed by atoms with Gasteiger partial charge in [0.1, 0.15) is 0 Å². The Kier molecular flexibility index (Phi) is 8.93. The number of carboxylic acids is 2. The number of carbonyl (C=O) groups is 2. The first-order chi connectivity index (χ1) is 7.45. The molecule has 0 aromatic carbocycles. The molecule has 0 aliphatic heterocycles. The molecule has 0 aromatic rings. The van der Waals surface area contributed by atoms with Crippen molar-refractivity contribution in [2.45, 2.75) is 35.6 Å². The Bertz CT molecular complexity index is 216. The Morgan fingerprint density at radius 1 is 0.938 bits per heavy atom. The van der Waals surface area contributed by atoms with Crippen LogP contribution >= 0.6 is 0 Å². The van der Waals surface area contributed by atoms with E-state index in [1.807, 2.05) is 0 Å². The van der Waals surface area contributed by atoms with Gasteiger partial charge in [0.25, 0.3) is 0 Å². The van der Waals surface area contributed by atoms with Crippen LogP contribution in [0.25, 0.3) is 0 Å². The number of rotatable bonds is 9. The van der Waals surface area contributed by atoms with Gasteiger partial charge in [0.15, 0.2) is 0 Å². The number of carboxylic acid groups (broad SMARTS) is 2.